The Labute approximate surface area is 88.8 Å². The van der Waals surface area contributed by atoms with Gasteiger partial charge in [-0.1, -0.05) is 12.9 Å². The van der Waals surface area contributed by atoms with Crippen LogP contribution in [0.15, 0.2) is 17.5 Å². The molecule has 1 rings (SSSR count). The molecule has 6 heteroatoms. The maximum atomic E-state index is 11.5. The summed E-state index contributed by atoms with van der Waals surface area (Å²) in [5.74, 6) is 0.153. The average molecular weight is 232 g/mol. The summed E-state index contributed by atoms with van der Waals surface area (Å²) < 4.78 is 23.0. The van der Waals surface area contributed by atoms with Gasteiger partial charge in [-0.25, -0.2) is 8.42 Å². The first kappa shape index (κ1) is 11.7. The molecule has 1 heterocycles. The fourth-order valence-electron chi connectivity index (χ4n) is 1.03. The smallest absolute Gasteiger partial charge is 0.286 e. The zero-order valence-corrected chi connectivity index (χ0v) is 9.64. The second-order valence-corrected chi connectivity index (χ2v) is 6.53. The SMILES string of the molecule is CB(O)CCS(=O)(=O)Cc1cccs1. The van der Waals surface area contributed by atoms with Gasteiger partial charge in [0.25, 0.3) is 6.92 Å². The minimum absolute atomic E-state index is 0.0581. The lowest BCUT2D eigenvalue weighted by Gasteiger charge is -2.02. The van der Waals surface area contributed by atoms with E-state index in [4.69, 9.17) is 5.02 Å². The van der Waals surface area contributed by atoms with Crippen molar-refractivity contribution in [1.29, 1.82) is 0 Å². The van der Waals surface area contributed by atoms with Crippen molar-refractivity contribution in [2.75, 3.05) is 5.75 Å². The van der Waals surface area contributed by atoms with Crippen LogP contribution in [0, 0.1) is 0 Å². The predicted molar refractivity (Wildman–Crippen MR) is 60.5 cm³/mol. The molecule has 0 aliphatic carbocycles. The van der Waals surface area contributed by atoms with Gasteiger partial charge < -0.3 is 5.02 Å². The minimum atomic E-state index is -3.05. The van der Waals surface area contributed by atoms with Crippen molar-refractivity contribution in [3.8, 4) is 0 Å². The first-order chi connectivity index (χ1) is 6.49. The molecule has 1 aromatic rings. The van der Waals surface area contributed by atoms with Crippen LogP contribution in [0.3, 0.4) is 0 Å². The fourth-order valence-corrected chi connectivity index (χ4v) is 3.71. The summed E-state index contributed by atoms with van der Waals surface area (Å²) in [6.45, 7) is 1.05. The normalized spacial score (nSPS) is 11.6. The third-order valence-corrected chi connectivity index (χ3v) is 4.46. The molecule has 0 radical (unpaired) electrons. The van der Waals surface area contributed by atoms with Gasteiger partial charge in [0.05, 0.1) is 5.75 Å². The maximum absolute atomic E-state index is 11.5. The van der Waals surface area contributed by atoms with E-state index >= 15 is 0 Å². The van der Waals surface area contributed by atoms with E-state index < -0.39 is 16.8 Å². The molecule has 0 aromatic carbocycles. The van der Waals surface area contributed by atoms with Gasteiger partial charge in [-0.15, -0.1) is 11.3 Å². The molecule has 3 nitrogen and oxygen atoms in total. The lowest BCUT2D eigenvalue weighted by Crippen LogP contribution is -2.15. The molecule has 78 valence electrons. The maximum Gasteiger partial charge on any atom is 0.286 e. The molecule has 0 saturated heterocycles. The molecular formula is C8H13BO3S2. The van der Waals surface area contributed by atoms with Gasteiger partial charge in [-0.2, -0.15) is 0 Å². The van der Waals surface area contributed by atoms with Crippen molar-refractivity contribution < 1.29 is 13.4 Å². The van der Waals surface area contributed by atoms with Crippen LogP contribution in [-0.4, -0.2) is 26.1 Å². The second kappa shape index (κ2) is 4.95. The van der Waals surface area contributed by atoms with Crippen LogP contribution in [0.4, 0.5) is 0 Å². The van der Waals surface area contributed by atoms with Crippen LogP contribution in [-0.2, 0) is 15.6 Å². The molecule has 1 aromatic heterocycles. The third kappa shape index (κ3) is 4.26. The molecule has 1 N–H and O–H groups in total. The van der Waals surface area contributed by atoms with Crippen molar-refractivity contribution in [2.24, 2.45) is 0 Å². The van der Waals surface area contributed by atoms with Crippen LogP contribution in [0.1, 0.15) is 4.88 Å². The van der Waals surface area contributed by atoms with E-state index in [1.54, 1.807) is 6.82 Å². The van der Waals surface area contributed by atoms with Crippen LogP contribution < -0.4 is 0 Å². The van der Waals surface area contributed by atoms with E-state index in [1.165, 1.54) is 11.3 Å². The quantitative estimate of drug-likeness (QED) is 0.778. The van der Waals surface area contributed by atoms with Gasteiger partial charge in [-0.3, -0.25) is 0 Å². The summed E-state index contributed by atoms with van der Waals surface area (Å²) >= 11 is 1.44. The van der Waals surface area contributed by atoms with Crippen molar-refractivity contribution in [2.45, 2.75) is 18.9 Å². The third-order valence-electron chi connectivity index (χ3n) is 1.79. The van der Waals surface area contributed by atoms with E-state index in [0.717, 1.165) is 4.88 Å². The van der Waals surface area contributed by atoms with E-state index in [0.29, 0.717) is 6.32 Å². The van der Waals surface area contributed by atoms with Crippen molar-refractivity contribution in [3.63, 3.8) is 0 Å². The van der Waals surface area contributed by atoms with Gasteiger partial charge in [0.2, 0.25) is 0 Å². The van der Waals surface area contributed by atoms with Crippen molar-refractivity contribution in [1.82, 2.24) is 0 Å². The molecule has 0 unspecified atom stereocenters. The van der Waals surface area contributed by atoms with Crippen LogP contribution in [0.5, 0.6) is 0 Å². The molecule has 14 heavy (non-hydrogen) atoms. The van der Waals surface area contributed by atoms with Crippen LogP contribution in [0.2, 0.25) is 13.1 Å². The Hall–Kier alpha value is -0.325. The lowest BCUT2D eigenvalue weighted by atomic mass is 9.69. The molecule has 0 aliphatic heterocycles. The summed E-state index contributed by atoms with van der Waals surface area (Å²) in [5.41, 5.74) is 0. The molecule has 0 aliphatic rings. The van der Waals surface area contributed by atoms with Crippen LogP contribution >= 0.6 is 11.3 Å². The molecule has 0 atom stereocenters. The Morgan fingerprint density at radius 3 is 2.79 bits per heavy atom. The average Bonchev–Trinajstić information content (AvgIpc) is 2.53. The Bertz CT molecular complexity index is 356. The summed E-state index contributed by atoms with van der Waals surface area (Å²) in [7, 11) is -3.05. The van der Waals surface area contributed by atoms with E-state index in [2.05, 4.69) is 0 Å². The molecular weight excluding hydrogens is 219 g/mol. The molecule has 0 spiro atoms. The van der Waals surface area contributed by atoms with E-state index in [1.807, 2.05) is 17.5 Å². The molecule has 0 saturated carbocycles. The molecule has 0 amide bonds. The van der Waals surface area contributed by atoms with Gasteiger partial charge in [0.15, 0.2) is 9.84 Å². The van der Waals surface area contributed by atoms with E-state index in [9.17, 15) is 8.42 Å². The standard InChI is InChI=1S/C8H13BO3S2/c1-9(10)4-6-14(11,12)7-8-3-2-5-13-8/h2-3,5,10H,4,6-7H2,1H3. The predicted octanol–water partition coefficient (Wildman–Crippen LogP) is 1.28. The number of thiophene rings is 1. The summed E-state index contributed by atoms with van der Waals surface area (Å²) in [5, 5.41) is 10.8. The Morgan fingerprint density at radius 2 is 2.29 bits per heavy atom. The van der Waals surface area contributed by atoms with Crippen molar-refractivity contribution in [3.05, 3.63) is 22.4 Å². The van der Waals surface area contributed by atoms with Gasteiger partial charge in [-0.05, 0) is 17.8 Å². The summed E-state index contributed by atoms with van der Waals surface area (Å²) in [4.78, 5) is 0.857. The van der Waals surface area contributed by atoms with Crippen LogP contribution in [0.25, 0.3) is 0 Å². The second-order valence-electron chi connectivity index (χ2n) is 3.31. The first-order valence-electron chi connectivity index (χ1n) is 4.40. The highest BCUT2D eigenvalue weighted by Gasteiger charge is 2.15. The Kier molecular flexibility index (Phi) is 4.16. The summed E-state index contributed by atoms with van der Waals surface area (Å²) in [6, 6.07) is 3.65. The Balaban J connectivity index is 2.51. The highest BCUT2D eigenvalue weighted by atomic mass is 32.2. The highest BCUT2D eigenvalue weighted by Crippen LogP contribution is 2.13. The van der Waals surface area contributed by atoms with Gasteiger partial charge >= 0.3 is 0 Å². The zero-order valence-electron chi connectivity index (χ0n) is 8.01. The largest absolute Gasteiger partial charge is 0.451 e. The number of rotatable bonds is 5. The summed E-state index contributed by atoms with van der Waals surface area (Å²) in [6.07, 6.45) is 0.313. The van der Waals surface area contributed by atoms with Gasteiger partial charge in [0.1, 0.15) is 0 Å². The Morgan fingerprint density at radius 1 is 1.57 bits per heavy atom. The zero-order chi connectivity index (χ0) is 10.6. The monoisotopic (exact) mass is 232 g/mol. The minimum Gasteiger partial charge on any atom is -0.451 e. The van der Waals surface area contributed by atoms with Gasteiger partial charge in [0, 0.05) is 10.6 Å². The van der Waals surface area contributed by atoms with E-state index in [-0.39, 0.29) is 11.5 Å². The fraction of sp³-hybridized carbons (Fsp3) is 0.500. The molecule has 0 fully saturated rings. The van der Waals surface area contributed by atoms with Crippen molar-refractivity contribution >= 4 is 28.1 Å². The molecule has 0 bridgehead atoms. The number of hydrogen-bond acceptors (Lipinski definition) is 4. The highest BCUT2D eigenvalue weighted by molar-refractivity contribution is 7.90. The number of sulfone groups is 1. The topological polar surface area (TPSA) is 54.4 Å². The number of hydrogen-bond donors (Lipinski definition) is 1. The first-order valence-corrected chi connectivity index (χ1v) is 7.10. The lowest BCUT2D eigenvalue weighted by molar-refractivity contribution is 0.573.